The van der Waals surface area contributed by atoms with E-state index < -0.39 is 0 Å². The number of hydrogen-bond acceptors (Lipinski definition) is 1. The lowest BCUT2D eigenvalue weighted by Crippen LogP contribution is -2.36. The molecule has 1 amide bonds. The largest absolute Gasteiger partial charge is 0.312 e. The molecule has 0 aromatic heterocycles. The molecule has 19 heavy (non-hydrogen) atoms. The Balaban J connectivity index is 2.22. The monoisotopic (exact) mass is 279 g/mol. The van der Waals surface area contributed by atoms with Gasteiger partial charge in [0.25, 0.3) is 0 Å². The van der Waals surface area contributed by atoms with Gasteiger partial charge in [-0.15, -0.1) is 11.6 Å². The Hall–Kier alpha value is -1.02. The maximum absolute atomic E-state index is 12.3. The van der Waals surface area contributed by atoms with Crippen molar-refractivity contribution < 1.29 is 4.79 Å². The Morgan fingerprint density at radius 3 is 2.89 bits per heavy atom. The van der Waals surface area contributed by atoms with Crippen molar-refractivity contribution in [1.82, 2.24) is 0 Å². The van der Waals surface area contributed by atoms with Crippen LogP contribution in [0.1, 0.15) is 37.8 Å². The summed E-state index contributed by atoms with van der Waals surface area (Å²) >= 11 is 5.79. The highest BCUT2D eigenvalue weighted by molar-refractivity contribution is 6.18. The molecule has 0 saturated carbocycles. The average molecular weight is 280 g/mol. The molecule has 0 saturated heterocycles. The van der Waals surface area contributed by atoms with E-state index in [0.29, 0.717) is 18.2 Å². The Morgan fingerprint density at radius 2 is 2.21 bits per heavy atom. The number of rotatable bonds is 4. The first-order valence-corrected chi connectivity index (χ1v) is 7.63. The van der Waals surface area contributed by atoms with Crippen molar-refractivity contribution >= 4 is 23.2 Å². The molecule has 1 aliphatic rings. The van der Waals surface area contributed by atoms with E-state index in [1.165, 1.54) is 11.1 Å². The maximum atomic E-state index is 12.3. The zero-order valence-electron chi connectivity index (χ0n) is 11.8. The Bertz CT molecular complexity index is 456. The normalized spacial score (nSPS) is 14.6. The second-order valence-corrected chi connectivity index (χ2v) is 6.03. The van der Waals surface area contributed by atoms with Gasteiger partial charge in [0.2, 0.25) is 5.91 Å². The van der Waals surface area contributed by atoms with E-state index in [1.54, 1.807) is 0 Å². The number of benzene rings is 1. The van der Waals surface area contributed by atoms with Gasteiger partial charge in [0.1, 0.15) is 0 Å². The van der Waals surface area contributed by atoms with Gasteiger partial charge in [-0.2, -0.15) is 0 Å². The topological polar surface area (TPSA) is 20.3 Å². The predicted octanol–water partition coefficient (Wildman–Crippen LogP) is 3.79. The van der Waals surface area contributed by atoms with E-state index in [4.69, 9.17) is 11.6 Å². The summed E-state index contributed by atoms with van der Waals surface area (Å²) in [5.74, 6) is 1.31. The van der Waals surface area contributed by atoms with Crippen LogP contribution in [0, 0.1) is 5.92 Å². The van der Waals surface area contributed by atoms with Crippen molar-refractivity contribution in [3.8, 4) is 0 Å². The molecule has 0 unspecified atom stereocenters. The van der Waals surface area contributed by atoms with Gasteiger partial charge in [-0.3, -0.25) is 4.79 Å². The van der Waals surface area contributed by atoms with Crippen molar-refractivity contribution in [2.24, 2.45) is 5.92 Å². The Morgan fingerprint density at radius 1 is 1.42 bits per heavy atom. The quantitative estimate of drug-likeness (QED) is 0.768. The van der Waals surface area contributed by atoms with Crippen molar-refractivity contribution in [2.45, 2.75) is 39.5 Å². The number of fused-ring (bicyclic) bond motifs is 1. The second-order valence-electron chi connectivity index (χ2n) is 5.65. The van der Waals surface area contributed by atoms with Crippen LogP contribution < -0.4 is 4.90 Å². The summed E-state index contributed by atoms with van der Waals surface area (Å²) in [5.41, 5.74) is 3.67. The lowest BCUT2D eigenvalue weighted by molar-refractivity contribution is -0.119. The zero-order chi connectivity index (χ0) is 13.8. The SMILES string of the molecule is CC(C)CC(=O)N1CCCc2cc(CCCl)ccc21. The molecule has 1 heterocycles. The number of carbonyl (C=O) groups is 1. The van der Waals surface area contributed by atoms with E-state index in [2.05, 4.69) is 32.0 Å². The minimum atomic E-state index is 0.251. The van der Waals surface area contributed by atoms with Crippen molar-refractivity contribution in [3.05, 3.63) is 29.3 Å². The molecule has 0 spiro atoms. The Kier molecular flexibility index (Phi) is 4.87. The fourth-order valence-electron chi connectivity index (χ4n) is 2.63. The van der Waals surface area contributed by atoms with Crippen molar-refractivity contribution in [3.63, 3.8) is 0 Å². The molecule has 2 rings (SSSR count). The van der Waals surface area contributed by atoms with Crippen LogP contribution in [0.3, 0.4) is 0 Å². The maximum Gasteiger partial charge on any atom is 0.227 e. The van der Waals surface area contributed by atoms with Crippen LogP contribution in [-0.2, 0) is 17.6 Å². The van der Waals surface area contributed by atoms with Crippen LogP contribution in [-0.4, -0.2) is 18.3 Å². The molecule has 0 N–H and O–H groups in total. The third kappa shape index (κ3) is 3.50. The smallest absolute Gasteiger partial charge is 0.227 e. The second kappa shape index (κ2) is 6.42. The van der Waals surface area contributed by atoms with E-state index in [0.717, 1.165) is 31.5 Å². The summed E-state index contributed by atoms with van der Waals surface area (Å²) in [6.45, 7) is 5.03. The molecule has 3 heteroatoms. The first-order chi connectivity index (χ1) is 9.11. The highest BCUT2D eigenvalue weighted by Crippen LogP contribution is 2.29. The number of halogens is 1. The van der Waals surface area contributed by atoms with Gasteiger partial charge >= 0.3 is 0 Å². The first-order valence-electron chi connectivity index (χ1n) is 7.10. The molecule has 0 fully saturated rings. The summed E-state index contributed by atoms with van der Waals surface area (Å²) in [6.07, 6.45) is 3.65. The number of carbonyl (C=O) groups excluding carboxylic acids is 1. The Labute approximate surface area is 120 Å². The average Bonchev–Trinajstić information content (AvgIpc) is 2.37. The van der Waals surface area contributed by atoms with E-state index >= 15 is 0 Å². The van der Waals surface area contributed by atoms with Gasteiger partial charge in [-0.1, -0.05) is 26.0 Å². The van der Waals surface area contributed by atoms with E-state index in [9.17, 15) is 4.79 Å². The molecular formula is C16H22ClNO. The summed E-state index contributed by atoms with van der Waals surface area (Å²) < 4.78 is 0. The summed E-state index contributed by atoms with van der Waals surface area (Å²) in [6, 6.07) is 6.41. The molecule has 0 bridgehead atoms. The molecular weight excluding hydrogens is 258 g/mol. The molecule has 1 aromatic carbocycles. The zero-order valence-corrected chi connectivity index (χ0v) is 12.5. The molecule has 1 aromatic rings. The molecule has 2 nitrogen and oxygen atoms in total. The number of nitrogens with zero attached hydrogens (tertiary/aromatic N) is 1. The van der Waals surface area contributed by atoms with Crippen LogP contribution in [0.25, 0.3) is 0 Å². The first kappa shape index (κ1) is 14.4. The number of alkyl halides is 1. The van der Waals surface area contributed by atoms with E-state index in [1.807, 2.05) is 4.90 Å². The lowest BCUT2D eigenvalue weighted by Gasteiger charge is -2.30. The van der Waals surface area contributed by atoms with Gasteiger partial charge in [-0.05, 0) is 42.4 Å². The van der Waals surface area contributed by atoms with Gasteiger partial charge < -0.3 is 4.90 Å². The number of amides is 1. The van der Waals surface area contributed by atoms with Gasteiger partial charge in [-0.25, -0.2) is 0 Å². The fraction of sp³-hybridized carbons (Fsp3) is 0.562. The predicted molar refractivity (Wildman–Crippen MR) is 81.0 cm³/mol. The molecule has 0 radical (unpaired) electrons. The summed E-state index contributed by atoms with van der Waals surface area (Å²) in [4.78, 5) is 14.2. The van der Waals surface area contributed by atoms with Crippen LogP contribution in [0.5, 0.6) is 0 Å². The lowest BCUT2D eigenvalue weighted by atomic mass is 9.97. The van der Waals surface area contributed by atoms with Gasteiger partial charge in [0.15, 0.2) is 0 Å². The van der Waals surface area contributed by atoms with E-state index in [-0.39, 0.29) is 5.91 Å². The molecule has 1 aliphatic heterocycles. The van der Waals surface area contributed by atoms with Gasteiger partial charge in [0.05, 0.1) is 0 Å². The summed E-state index contributed by atoms with van der Waals surface area (Å²) in [7, 11) is 0. The highest BCUT2D eigenvalue weighted by Gasteiger charge is 2.22. The molecule has 0 atom stereocenters. The number of anilines is 1. The highest BCUT2D eigenvalue weighted by atomic mass is 35.5. The minimum Gasteiger partial charge on any atom is -0.312 e. The summed E-state index contributed by atoms with van der Waals surface area (Å²) in [5, 5.41) is 0. The third-order valence-corrected chi connectivity index (χ3v) is 3.72. The van der Waals surface area contributed by atoms with Crippen LogP contribution in [0.4, 0.5) is 5.69 Å². The van der Waals surface area contributed by atoms with Crippen molar-refractivity contribution in [1.29, 1.82) is 0 Å². The van der Waals surface area contributed by atoms with Crippen molar-refractivity contribution in [2.75, 3.05) is 17.3 Å². The third-order valence-electron chi connectivity index (χ3n) is 3.53. The number of hydrogen-bond donors (Lipinski definition) is 0. The fourth-order valence-corrected chi connectivity index (χ4v) is 2.85. The molecule has 0 aliphatic carbocycles. The standard InChI is InChI=1S/C16H22ClNO/c1-12(2)10-16(19)18-9-3-4-14-11-13(7-8-17)5-6-15(14)18/h5-6,11-12H,3-4,7-10H2,1-2H3. The minimum absolute atomic E-state index is 0.251. The van der Waals surface area contributed by atoms with Crippen LogP contribution in [0.15, 0.2) is 18.2 Å². The molecule has 104 valence electrons. The van der Waals surface area contributed by atoms with Gasteiger partial charge in [0, 0.05) is 24.5 Å². The number of aryl methyl sites for hydroxylation is 2. The van der Waals surface area contributed by atoms with Crippen LogP contribution in [0.2, 0.25) is 0 Å². The van der Waals surface area contributed by atoms with Crippen LogP contribution >= 0.6 is 11.6 Å².